The lowest BCUT2D eigenvalue weighted by molar-refractivity contribution is -0.121. The number of unbranched alkanes of at least 4 members (excludes halogenated alkanes) is 2. The highest BCUT2D eigenvalue weighted by Gasteiger charge is 2.14. The van der Waals surface area contributed by atoms with Crippen LogP contribution in [0.2, 0.25) is 0 Å². The van der Waals surface area contributed by atoms with Crippen molar-refractivity contribution in [1.29, 1.82) is 5.26 Å². The monoisotopic (exact) mass is 238 g/mol. The number of nitriles is 1. The molecule has 0 saturated heterocycles. The normalized spacial score (nSPS) is 11.6. The number of nitrogens with zero attached hydrogens (tertiary/aromatic N) is 1. The molecule has 4 heteroatoms. The van der Waals surface area contributed by atoms with Gasteiger partial charge in [-0.3, -0.25) is 4.79 Å². The van der Waals surface area contributed by atoms with Crippen LogP contribution in [0.15, 0.2) is 12.2 Å². The molecule has 0 rings (SSSR count). The van der Waals surface area contributed by atoms with Gasteiger partial charge in [0, 0.05) is 6.61 Å². The van der Waals surface area contributed by atoms with Gasteiger partial charge >= 0.3 is 0 Å². The second kappa shape index (κ2) is 9.86. The molecule has 0 aromatic carbocycles. The predicted molar refractivity (Wildman–Crippen MR) is 67.1 cm³/mol. The molecule has 0 bridgehead atoms. The Morgan fingerprint density at radius 3 is 2.59 bits per heavy atom. The number of nitrogens with one attached hydrogen (secondary N) is 1. The molecule has 1 unspecified atom stereocenters. The molecular formula is C13H22N2O2. The molecule has 96 valence electrons. The zero-order valence-corrected chi connectivity index (χ0v) is 10.8. The van der Waals surface area contributed by atoms with Crippen LogP contribution in [0.5, 0.6) is 0 Å². The Hall–Kier alpha value is -1.34. The zero-order valence-electron chi connectivity index (χ0n) is 10.8. The Labute approximate surface area is 104 Å². The Morgan fingerprint density at radius 1 is 1.41 bits per heavy atom. The van der Waals surface area contributed by atoms with Gasteiger partial charge < -0.3 is 10.1 Å². The number of hydrogen-bond donors (Lipinski definition) is 1. The van der Waals surface area contributed by atoms with Gasteiger partial charge in [-0.25, -0.2) is 0 Å². The summed E-state index contributed by atoms with van der Waals surface area (Å²) >= 11 is 0. The van der Waals surface area contributed by atoms with Crippen molar-refractivity contribution in [2.45, 2.75) is 52.2 Å². The third kappa shape index (κ3) is 7.53. The van der Waals surface area contributed by atoms with Gasteiger partial charge in [0.2, 0.25) is 0 Å². The molecule has 1 N–H and O–H groups in total. The topological polar surface area (TPSA) is 62.1 Å². The van der Waals surface area contributed by atoms with Gasteiger partial charge in [0.15, 0.2) is 0 Å². The molecule has 1 amide bonds. The second-order valence-corrected chi connectivity index (χ2v) is 3.92. The molecule has 0 aliphatic carbocycles. The lowest BCUT2D eigenvalue weighted by Crippen LogP contribution is -2.37. The van der Waals surface area contributed by atoms with E-state index < -0.39 is 5.91 Å². The Balaban J connectivity index is 4.13. The summed E-state index contributed by atoms with van der Waals surface area (Å²) in [6.45, 7) is 8.17. The summed E-state index contributed by atoms with van der Waals surface area (Å²) in [5, 5.41) is 11.2. The Bertz CT molecular complexity index is 282. The van der Waals surface area contributed by atoms with Crippen LogP contribution in [0.1, 0.15) is 46.0 Å². The molecule has 4 nitrogen and oxygen atoms in total. The molecule has 0 aliphatic rings. The Morgan fingerprint density at radius 2 is 2.06 bits per heavy atom. The molecule has 17 heavy (non-hydrogen) atoms. The van der Waals surface area contributed by atoms with Crippen molar-refractivity contribution in [2.75, 3.05) is 6.61 Å². The number of carbonyl (C=O) groups excluding carboxylic acids is 1. The molecular weight excluding hydrogens is 216 g/mol. The summed E-state index contributed by atoms with van der Waals surface area (Å²) in [5.41, 5.74) is -0.0782. The van der Waals surface area contributed by atoms with Crippen molar-refractivity contribution in [3.05, 3.63) is 12.2 Å². The highest BCUT2D eigenvalue weighted by molar-refractivity contribution is 5.96. The summed E-state index contributed by atoms with van der Waals surface area (Å²) in [6, 6.07) is 1.73. The lowest BCUT2D eigenvalue weighted by atomic mass is 10.2. The maximum Gasteiger partial charge on any atom is 0.263 e. The van der Waals surface area contributed by atoms with E-state index in [1.807, 2.05) is 0 Å². The average molecular weight is 238 g/mol. The SMILES string of the molecule is C=C(C#N)C(=O)NC(CCCC)OCCCC. The van der Waals surface area contributed by atoms with Gasteiger partial charge in [-0.1, -0.05) is 33.3 Å². The molecule has 0 aromatic heterocycles. The van der Waals surface area contributed by atoms with Gasteiger partial charge in [-0.2, -0.15) is 5.26 Å². The fraction of sp³-hybridized carbons (Fsp3) is 0.692. The van der Waals surface area contributed by atoms with E-state index in [9.17, 15) is 4.79 Å². The molecule has 0 saturated carbocycles. The van der Waals surface area contributed by atoms with Crippen LogP contribution >= 0.6 is 0 Å². The first-order valence-electron chi connectivity index (χ1n) is 6.17. The second-order valence-electron chi connectivity index (χ2n) is 3.92. The van der Waals surface area contributed by atoms with Gasteiger partial charge in [0.25, 0.3) is 5.91 Å². The first-order valence-corrected chi connectivity index (χ1v) is 6.17. The van der Waals surface area contributed by atoms with E-state index in [1.54, 1.807) is 6.07 Å². The number of amides is 1. The minimum absolute atomic E-state index is 0.0782. The molecule has 0 aliphatic heterocycles. The highest BCUT2D eigenvalue weighted by atomic mass is 16.5. The quantitative estimate of drug-likeness (QED) is 0.290. The maximum absolute atomic E-state index is 11.5. The predicted octanol–water partition coefficient (Wildman–Crippen LogP) is 2.52. The summed E-state index contributed by atoms with van der Waals surface area (Å²) in [4.78, 5) is 11.5. The molecule has 0 radical (unpaired) electrons. The van der Waals surface area contributed by atoms with Crippen LogP contribution in [-0.4, -0.2) is 18.7 Å². The van der Waals surface area contributed by atoms with Gasteiger partial charge in [-0.05, 0) is 19.3 Å². The lowest BCUT2D eigenvalue weighted by Gasteiger charge is -2.18. The van der Waals surface area contributed by atoms with Crippen LogP contribution < -0.4 is 5.32 Å². The summed E-state index contributed by atoms with van der Waals surface area (Å²) in [6.07, 6.45) is 4.51. The first-order chi connectivity index (χ1) is 8.15. The Kier molecular flexibility index (Phi) is 9.08. The standard InChI is InChI=1S/C13H22N2O2/c1-4-6-8-12(17-9-7-5-2)15-13(16)11(3)10-14/h12H,3-9H2,1-2H3,(H,15,16). The van der Waals surface area contributed by atoms with Crippen LogP contribution in [0, 0.1) is 11.3 Å². The van der Waals surface area contributed by atoms with Crippen molar-refractivity contribution >= 4 is 5.91 Å². The van der Waals surface area contributed by atoms with Crippen molar-refractivity contribution in [1.82, 2.24) is 5.32 Å². The van der Waals surface area contributed by atoms with Gasteiger partial charge in [-0.15, -0.1) is 0 Å². The van der Waals surface area contributed by atoms with E-state index >= 15 is 0 Å². The van der Waals surface area contributed by atoms with Crippen molar-refractivity contribution in [3.8, 4) is 6.07 Å². The van der Waals surface area contributed by atoms with E-state index in [0.717, 1.165) is 32.1 Å². The average Bonchev–Trinajstić information content (AvgIpc) is 2.34. The van der Waals surface area contributed by atoms with E-state index in [1.165, 1.54) is 0 Å². The fourth-order valence-corrected chi connectivity index (χ4v) is 1.24. The van der Waals surface area contributed by atoms with E-state index in [-0.39, 0.29) is 11.8 Å². The number of carbonyl (C=O) groups is 1. The van der Waals surface area contributed by atoms with E-state index in [2.05, 4.69) is 25.7 Å². The van der Waals surface area contributed by atoms with Crippen LogP contribution in [0.3, 0.4) is 0 Å². The van der Waals surface area contributed by atoms with Crippen LogP contribution in [0.4, 0.5) is 0 Å². The smallest absolute Gasteiger partial charge is 0.263 e. The van der Waals surface area contributed by atoms with Crippen molar-refractivity contribution in [3.63, 3.8) is 0 Å². The number of rotatable bonds is 9. The highest BCUT2D eigenvalue weighted by Crippen LogP contribution is 2.04. The van der Waals surface area contributed by atoms with Gasteiger partial charge in [0.1, 0.15) is 17.9 Å². The molecule has 0 heterocycles. The summed E-state index contributed by atoms with van der Waals surface area (Å²) in [5.74, 6) is -0.440. The zero-order chi connectivity index (χ0) is 13.1. The third-order valence-electron chi connectivity index (χ3n) is 2.34. The van der Waals surface area contributed by atoms with E-state index in [4.69, 9.17) is 10.00 Å². The minimum Gasteiger partial charge on any atom is -0.359 e. The van der Waals surface area contributed by atoms with E-state index in [0.29, 0.717) is 6.61 Å². The number of hydrogen-bond acceptors (Lipinski definition) is 3. The minimum atomic E-state index is -0.440. The molecule has 0 fully saturated rings. The molecule has 1 atom stereocenters. The molecule has 0 aromatic rings. The van der Waals surface area contributed by atoms with Crippen LogP contribution in [0.25, 0.3) is 0 Å². The summed E-state index contributed by atoms with van der Waals surface area (Å²) in [7, 11) is 0. The largest absolute Gasteiger partial charge is 0.359 e. The first kappa shape index (κ1) is 15.7. The number of ether oxygens (including phenoxy) is 1. The third-order valence-corrected chi connectivity index (χ3v) is 2.34. The maximum atomic E-state index is 11.5. The van der Waals surface area contributed by atoms with Gasteiger partial charge in [0.05, 0.1) is 0 Å². The van der Waals surface area contributed by atoms with Crippen LogP contribution in [-0.2, 0) is 9.53 Å². The molecule has 0 spiro atoms. The van der Waals surface area contributed by atoms with Crippen molar-refractivity contribution < 1.29 is 9.53 Å². The van der Waals surface area contributed by atoms with Crippen molar-refractivity contribution in [2.24, 2.45) is 0 Å². The summed E-state index contributed by atoms with van der Waals surface area (Å²) < 4.78 is 5.57. The fourth-order valence-electron chi connectivity index (χ4n) is 1.24.